The van der Waals surface area contributed by atoms with Gasteiger partial charge in [0.1, 0.15) is 5.84 Å². The van der Waals surface area contributed by atoms with Gasteiger partial charge in [-0.05, 0) is 89.0 Å². The molecule has 0 amide bonds. The molecular formula is C52H36N4. The summed E-state index contributed by atoms with van der Waals surface area (Å²) in [4.78, 5) is 7.44. The summed E-state index contributed by atoms with van der Waals surface area (Å²) >= 11 is 0. The van der Waals surface area contributed by atoms with Crippen LogP contribution in [0, 0.1) is 0 Å². The van der Waals surface area contributed by atoms with Gasteiger partial charge in [0.05, 0.1) is 28.6 Å². The zero-order valence-corrected chi connectivity index (χ0v) is 30.7. The van der Waals surface area contributed by atoms with E-state index in [9.17, 15) is 0 Å². The first-order valence-corrected chi connectivity index (χ1v) is 19.1. The number of para-hydroxylation sites is 4. The van der Waals surface area contributed by atoms with Crippen molar-refractivity contribution in [3.8, 4) is 11.4 Å². The molecule has 0 saturated heterocycles. The number of amidine groups is 1. The first kappa shape index (κ1) is 32.0. The lowest BCUT2D eigenvalue weighted by Crippen LogP contribution is -2.26. The van der Waals surface area contributed by atoms with Crippen LogP contribution in [0.2, 0.25) is 0 Å². The van der Waals surface area contributed by atoms with Gasteiger partial charge in [-0.25, -0.2) is 0 Å². The molecule has 264 valence electrons. The number of fused-ring (bicyclic) bond motifs is 9. The van der Waals surface area contributed by atoms with Gasteiger partial charge in [0.15, 0.2) is 0 Å². The lowest BCUT2D eigenvalue weighted by molar-refractivity contribution is 0.713. The van der Waals surface area contributed by atoms with Crippen molar-refractivity contribution in [3.63, 3.8) is 0 Å². The van der Waals surface area contributed by atoms with Crippen LogP contribution in [0.1, 0.15) is 22.3 Å². The van der Waals surface area contributed by atoms with E-state index < -0.39 is 0 Å². The first-order chi connectivity index (χ1) is 27.7. The molecule has 4 nitrogen and oxygen atoms in total. The van der Waals surface area contributed by atoms with E-state index in [2.05, 4.69) is 209 Å². The van der Waals surface area contributed by atoms with Crippen molar-refractivity contribution in [3.05, 3.63) is 229 Å². The highest BCUT2D eigenvalue weighted by Gasteiger charge is 2.30. The Balaban J connectivity index is 1.03. The van der Waals surface area contributed by atoms with Crippen molar-refractivity contribution in [2.24, 2.45) is 4.99 Å². The van der Waals surface area contributed by atoms with Crippen LogP contribution in [0.5, 0.6) is 0 Å². The van der Waals surface area contributed by atoms with Gasteiger partial charge in [-0.1, -0.05) is 128 Å². The number of hydrogen-bond donors (Lipinski definition) is 0. The molecule has 7 aromatic carbocycles. The van der Waals surface area contributed by atoms with Crippen LogP contribution in [0.3, 0.4) is 0 Å². The third-order valence-electron chi connectivity index (χ3n) is 11.3. The molecule has 4 heteroatoms. The van der Waals surface area contributed by atoms with Crippen LogP contribution in [-0.4, -0.2) is 26.4 Å². The summed E-state index contributed by atoms with van der Waals surface area (Å²) in [6, 6.07) is 61.0. The quantitative estimate of drug-likeness (QED) is 0.157. The van der Waals surface area contributed by atoms with Gasteiger partial charge in [0, 0.05) is 56.0 Å². The lowest BCUT2D eigenvalue weighted by Gasteiger charge is -2.28. The van der Waals surface area contributed by atoms with Crippen LogP contribution >= 0.6 is 0 Å². The maximum Gasteiger partial charge on any atom is 0.140 e. The van der Waals surface area contributed by atoms with Crippen LogP contribution < -0.4 is 0 Å². The summed E-state index contributed by atoms with van der Waals surface area (Å²) in [5.74, 6) is 0.983. The van der Waals surface area contributed by atoms with E-state index in [1.165, 1.54) is 60.3 Å². The number of hydrogen-bond acceptors (Lipinski definition) is 2. The Morgan fingerprint density at radius 1 is 0.536 bits per heavy atom. The van der Waals surface area contributed by atoms with Crippen LogP contribution in [0.4, 0.5) is 0 Å². The second-order valence-electron chi connectivity index (χ2n) is 14.4. The van der Waals surface area contributed by atoms with Crippen molar-refractivity contribution in [1.82, 2.24) is 14.0 Å². The third kappa shape index (κ3) is 4.96. The van der Waals surface area contributed by atoms with E-state index in [1.807, 2.05) is 6.08 Å². The number of allylic oxidation sites excluding steroid dienone is 4. The summed E-state index contributed by atoms with van der Waals surface area (Å²) in [6.45, 7) is 4.71. The smallest absolute Gasteiger partial charge is 0.140 e. The van der Waals surface area contributed by atoms with Crippen molar-refractivity contribution in [2.75, 3.05) is 6.54 Å². The molecule has 4 heterocycles. The molecule has 0 fully saturated rings. The fourth-order valence-corrected chi connectivity index (χ4v) is 8.80. The normalized spacial score (nSPS) is 14.8. The zero-order chi connectivity index (χ0) is 37.2. The van der Waals surface area contributed by atoms with E-state index in [0.717, 1.165) is 39.6 Å². The average Bonchev–Trinajstić information content (AvgIpc) is 3.93. The van der Waals surface area contributed by atoms with Crippen molar-refractivity contribution < 1.29 is 0 Å². The number of rotatable bonds is 6. The van der Waals surface area contributed by atoms with Gasteiger partial charge >= 0.3 is 0 Å². The van der Waals surface area contributed by atoms with E-state index in [4.69, 9.17) is 4.99 Å². The molecule has 0 N–H and O–H groups in total. The van der Waals surface area contributed by atoms with E-state index >= 15 is 0 Å². The first-order valence-electron chi connectivity index (χ1n) is 19.1. The Morgan fingerprint density at radius 3 is 1.75 bits per heavy atom. The molecule has 0 aliphatic carbocycles. The second-order valence-corrected chi connectivity index (χ2v) is 14.4. The highest BCUT2D eigenvalue weighted by Crippen LogP contribution is 2.40. The summed E-state index contributed by atoms with van der Waals surface area (Å²) < 4.78 is 4.73. The fraction of sp³-hybridized carbons (Fsp3) is 0.0192. The molecule has 11 rings (SSSR count). The molecule has 56 heavy (non-hydrogen) atoms. The number of benzene rings is 7. The van der Waals surface area contributed by atoms with Crippen molar-refractivity contribution in [1.29, 1.82) is 0 Å². The molecule has 0 radical (unpaired) electrons. The molecule has 2 aromatic heterocycles. The lowest BCUT2D eigenvalue weighted by atomic mass is 9.90. The molecule has 0 bridgehead atoms. The van der Waals surface area contributed by atoms with Crippen LogP contribution in [-0.2, 0) is 0 Å². The minimum atomic E-state index is 0.584. The number of nitrogens with zero attached hydrogens (tertiary/aromatic N) is 4. The van der Waals surface area contributed by atoms with Crippen LogP contribution in [0.15, 0.2) is 212 Å². The van der Waals surface area contributed by atoms with Crippen molar-refractivity contribution in [2.45, 2.75) is 0 Å². The zero-order valence-electron chi connectivity index (χ0n) is 30.7. The van der Waals surface area contributed by atoms with Gasteiger partial charge in [-0.3, -0.25) is 4.99 Å². The van der Waals surface area contributed by atoms with Crippen molar-refractivity contribution >= 4 is 60.6 Å². The highest BCUT2D eigenvalue weighted by atomic mass is 15.2. The largest absolute Gasteiger partial charge is 0.309 e. The van der Waals surface area contributed by atoms with E-state index in [-0.39, 0.29) is 0 Å². The Labute approximate surface area is 325 Å². The molecule has 0 atom stereocenters. The van der Waals surface area contributed by atoms with Gasteiger partial charge in [0.25, 0.3) is 0 Å². The molecule has 9 aromatic rings. The standard InChI is InChI=1S/C52H36N4/c1-2-15-35(36-26-28-50-45(31-36)42-21-11-13-24-48(42)55(50)38-16-5-3-6-17-38)30-40-33-53-52-44-23-10-9-20-41(44)47(34-54(40)52)37-27-29-51-46(32-37)43-22-12-14-25-49(43)56(51)39-18-7-4-8-19-39/h2-32,34H,1,33H2/b35-15+,40-30+. The minimum Gasteiger partial charge on any atom is -0.309 e. The number of aliphatic imine (C=N–C) groups is 1. The van der Waals surface area contributed by atoms with Gasteiger partial charge < -0.3 is 14.0 Å². The van der Waals surface area contributed by atoms with E-state index in [1.54, 1.807) is 0 Å². The van der Waals surface area contributed by atoms with Gasteiger partial charge in [-0.2, -0.15) is 0 Å². The topological polar surface area (TPSA) is 25.5 Å². The average molecular weight is 717 g/mol. The molecule has 2 aliphatic heterocycles. The molecule has 0 spiro atoms. The second kappa shape index (κ2) is 12.9. The molecule has 0 unspecified atom stereocenters. The fourth-order valence-electron chi connectivity index (χ4n) is 8.80. The Kier molecular flexibility index (Phi) is 7.36. The molecular weight excluding hydrogens is 681 g/mol. The molecule has 0 saturated carbocycles. The summed E-state index contributed by atoms with van der Waals surface area (Å²) in [5.41, 5.74) is 15.1. The van der Waals surface area contributed by atoms with E-state index in [0.29, 0.717) is 6.54 Å². The highest BCUT2D eigenvalue weighted by molar-refractivity contribution is 6.14. The summed E-state index contributed by atoms with van der Waals surface area (Å²) in [5, 5.41) is 4.92. The van der Waals surface area contributed by atoms with Crippen LogP contribution in [0.25, 0.3) is 66.1 Å². The Morgan fingerprint density at radius 2 is 1.09 bits per heavy atom. The predicted molar refractivity (Wildman–Crippen MR) is 235 cm³/mol. The molecule has 2 aliphatic rings. The number of aromatic nitrogens is 2. The summed E-state index contributed by atoms with van der Waals surface area (Å²) in [6.07, 6.45) is 8.57. The summed E-state index contributed by atoms with van der Waals surface area (Å²) in [7, 11) is 0. The SMILES string of the molecule is C=C/C=C(\C=C1/CN=C2c3ccccc3C(c3ccc4c(c3)c3ccccc3n4-c3ccccc3)=CN21)c1ccc2c(c1)c1ccccc1n2-c1ccccc1. The van der Waals surface area contributed by atoms with Gasteiger partial charge in [0.2, 0.25) is 0 Å². The maximum atomic E-state index is 5.14. The monoisotopic (exact) mass is 716 g/mol. The van der Waals surface area contributed by atoms with Gasteiger partial charge in [-0.15, -0.1) is 0 Å². The maximum absolute atomic E-state index is 5.14. The Bertz CT molecular complexity index is 3170. The Hall–Kier alpha value is -7.43. The third-order valence-corrected chi connectivity index (χ3v) is 11.3. The predicted octanol–water partition coefficient (Wildman–Crippen LogP) is 12.5. The minimum absolute atomic E-state index is 0.584.